The Balaban J connectivity index is 1.96. The quantitative estimate of drug-likeness (QED) is 0.637. The lowest BCUT2D eigenvalue weighted by Crippen LogP contribution is -1.85. The van der Waals surface area contributed by atoms with Crippen LogP contribution < -0.4 is 0 Å². The summed E-state index contributed by atoms with van der Waals surface area (Å²) >= 11 is 0. The average Bonchev–Trinajstić information content (AvgIpc) is 2.40. The second kappa shape index (κ2) is 4.38. The van der Waals surface area contributed by atoms with Crippen LogP contribution >= 0.6 is 0 Å². The number of pyridine rings is 1. The number of benzene rings is 2. The Morgan fingerprint density at radius 1 is 0.706 bits per heavy atom. The van der Waals surface area contributed by atoms with Gasteiger partial charge in [0.2, 0.25) is 0 Å². The van der Waals surface area contributed by atoms with Gasteiger partial charge < -0.3 is 0 Å². The first-order chi connectivity index (χ1) is 8.42. The van der Waals surface area contributed by atoms with E-state index in [1.54, 1.807) is 0 Å². The van der Waals surface area contributed by atoms with Crippen LogP contribution in [0.25, 0.3) is 10.8 Å². The smallest absolute Gasteiger partial charge is 0.0270 e. The van der Waals surface area contributed by atoms with E-state index < -0.39 is 0 Å². The Kier molecular flexibility index (Phi) is 2.59. The van der Waals surface area contributed by atoms with Crippen LogP contribution in [0.1, 0.15) is 11.1 Å². The third-order valence-corrected chi connectivity index (χ3v) is 2.81. The molecule has 0 amide bonds. The topological polar surface area (TPSA) is 12.9 Å². The van der Waals surface area contributed by atoms with Gasteiger partial charge in [-0.1, -0.05) is 42.5 Å². The van der Waals surface area contributed by atoms with Crippen LogP contribution in [0.4, 0.5) is 0 Å². The minimum Gasteiger partial charge on any atom is -0.265 e. The predicted octanol–water partition coefficient (Wildman–Crippen LogP) is 3.84. The van der Waals surface area contributed by atoms with Gasteiger partial charge in [0.15, 0.2) is 0 Å². The van der Waals surface area contributed by atoms with Crippen molar-refractivity contribution in [1.29, 1.82) is 0 Å². The van der Waals surface area contributed by atoms with Crippen LogP contribution in [0.5, 0.6) is 0 Å². The molecule has 1 radical (unpaired) electrons. The minimum absolute atomic E-state index is 1.18. The van der Waals surface area contributed by atoms with Gasteiger partial charge in [0.1, 0.15) is 0 Å². The molecule has 1 heterocycles. The van der Waals surface area contributed by atoms with Crippen molar-refractivity contribution >= 4 is 10.8 Å². The van der Waals surface area contributed by atoms with Gasteiger partial charge in [0.05, 0.1) is 0 Å². The Morgan fingerprint density at radius 3 is 2.29 bits per heavy atom. The van der Waals surface area contributed by atoms with Crippen LogP contribution in [0.15, 0.2) is 67.0 Å². The predicted molar refractivity (Wildman–Crippen MR) is 70.7 cm³/mol. The summed E-state index contributed by atoms with van der Waals surface area (Å²) in [6.45, 7) is 0. The van der Waals surface area contributed by atoms with E-state index in [0.717, 1.165) is 0 Å². The van der Waals surface area contributed by atoms with Crippen LogP contribution in [0.2, 0.25) is 0 Å². The lowest BCUT2D eigenvalue weighted by molar-refractivity contribution is 1.29. The van der Waals surface area contributed by atoms with E-state index in [1.807, 2.05) is 24.5 Å². The molecule has 2 aromatic carbocycles. The summed E-state index contributed by atoms with van der Waals surface area (Å²) in [5.74, 6) is 0. The standard InChI is InChI=1S/C16H12N/c1-2-4-16-12-14(5-6-15(16)3-1)11-13-7-9-17-10-8-13/h1-12H. The number of fused-ring (bicyclic) bond motifs is 1. The summed E-state index contributed by atoms with van der Waals surface area (Å²) in [6, 6.07) is 18.9. The fourth-order valence-corrected chi connectivity index (χ4v) is 1.95. The first kappa shape index (κ1) is 10.0. The largest absolute Gasteiger partial charge is 0.265 e. The number of rotatable bonds is 2. The average molecular weight is 218 g/mol. The van der Waals surface area contributed by atoms with Gasteiger partial charge in [-0.3, -0.25) is 4.98 Å². The highest BCUT2D eigenvalue weighted by molar-refractivity contribution is 5.83. The zero-order chi connectivity index (χ0) is 11.5. The first-order valence-corrected chi connectivity index (χ1v) is 5.65. The van der Waals surface area contributed by atoms with Gasteiger partial charge >= 0.3 is 0 Å². The van der Waals surface area contributed by atoms with Gasteiger partial charge in [0, 0.05) is 18.8 Å². The molecule has 1 nitrogen and oxygen atoms in total. The van der Waals surface area contributed by atoms with Crippen molar-refractivity contribution in [1.82, 2.24) is 4.98 Å². The van der Waals surface area contributed by atoms with Crippen molar-refractivity contribution in [3.63, 3.8) is 0 Å². The van der Waals surface area contributed by atoms with Crippen LogP contribution in [0, 0.1) is 6.42 Å². The molecule has 0 aliphatic carbocycles. The van der Waals surface area contributed by atoms with E-state index in [1.165, 1.54) is 21.9 Å². The lowest BCUT2D eigenvalue weighted by Gasteiger charge is -2.03. The molecule has 17 heavy (non-hydrogen) atoms. The molecular formula is C16H12N. The monoisotopic (exact) mass is 218 g/mol. The van der Waals surface area contributed by atoms with Crippen molar-refractivity contribution in [2.24, 2.45) is 0 Å². The Hall–Kier alpha value is -2.15. The molecule has 81 valence electrons. The third kappa shape index (κ3) is 2.18. The van der Waals surface area contributed by atoms with Gasteiger partial charge in [-0.2, -0.15) is 0 Å². The fraction of sp³-hybridized carbons (Fsp3) is 0. The van der Waals surface area contributed by atoms with Crippen molar-refractivity contribution in [2.75, 3.05) is 0 Å². The molecule has 0 bridgehead atoms. The normalized spacial score (nSPS) is 10.6. The van der Waals surface area contributed by atoms with Gasteiger partial charge in [0.25, 0.3) is 0 Å². The Labute approximate surface area is 101 Å². The summed E-state index contributed by atoms with van der Waals surface area (Å²) in [7, 11) is 0. The van der Waals surface area contributed by atoms with Gasteiger partial charge in [-0.05, 0) is 34.0 Å². The fourth-order valence-electron chi connectivity index (χ4n) is 1.95. The zero-order valence-electron chi connectivity index (χ0n) is 9.38. The number of hydrogen-bond donors (Lipinski definition) is 0. The highest BCUT2D eigenvalue weighted by atomic mass is 14.6. The van der Waals surface area contributed by atoms with Crippen molar-refractivity contribution in [3.8, 4) is 0 Å². The molecule has 0 N–H and O–H groups in total. The molecule has 0 atom stereocenters. The van der Waals surface area contributed by atoms with E-state index in [-0.39, 0.29) is 0 Å². The van der Waals surface area contributed by atoms with Gasteiger partial charge in [-0.25, -0.2) is 0 Å². The first-order valence-electron chi connectivity index (χ1n) is 5.65. The van der Waals surface area contributed by atoms with Crippen LogP contribution in [0.3, 0.4) is 0 Å². The highest BCUT2D eigenvalue weighted by Gasteiger charge is 1.98. The summed E-state index contributed by atoms with van der Waals surface area (Å²) in [4.78, 5) is 4.02. The van der Waals surface area contributed by atoms with Crippen molar-refractivity contribution in [2.45, 2.75) is 0 Å². The minimum atomic E-state index is 1.18. The van der Waals surface area contributed by atoms with E-state index in [0.29, 0.717) is 0 Å². The van der Waals surface area contributed by atoms with E-state index >= 15 is 0 Å². The molecule has 0 spiro atoms. The third-order valence-electron chi connectivity index (χ3n) is 2.81. The second-order valence-electron chi connectivity index (χ2n) is 4.03. The molecule has 0 saturated heterocycles. The zero-order valence-corrected chi connectivity index (χ0v) is 9.38. The van der Waals surface area contributed by atoms with Crippen LogP contribution in [-0.2, 0) is 0 Å². The molecule has 3 aromatic rings. The molecule has 0 unspecified atom stereocenters. The molecule has 0 aliphatic heterocycles. The Bertz CT molecular complexity index is 629. The molecule has 0 fully saturated rings. The number of aromatic nitrogens is 1. The molecular weight excluding hydrogens is 206 g/mol. The SMILES string of the molecule is [CH](c1ccncc1)c1ccc2ccccc2c1. The molecule has 1 aromatic heterocycles. The molecule has 0 aliphatic rings. The summed E-state index contributed by atoms with van der Waals surface area (Å²) in [5.41, 5.74) is 2.39. The van der Waals surface area contributed by atoms with Crippen LogP contribution in [-0.4, -0.2) is 4.98 Å². The lowest BCUT2D eigenvalue weighted by atomic mass is 10.0. The highest BCUT2D eigenvalue weighted by Crippen LogP contribution is 2.18. The maximum absolute atomic E-state index is 4.02. The number of hydrogen-bond acceptors (Lipinski definition) is 1. The molecule has 3 rings (SSSR count). The summed E-state index contributed by atoms with van der Waals surface area (Å²) in [5, 5.41) is 2.55. The second-order valence-corrected chi connectivity index (χ2v) is 4.03. The van der Waals surface area contributed by atoms with Crippen molar-refractivity contribution < 1.29 is 0 Å². The van der Waals surface area contributed by atoms with E-state index in [9.17, 15) is 0 Å². The van der Waals surface area contributed by atoms with Crippen molar-refractivity contribution in [3.05, 3.63) is 84.5 Å². The van der Waals surface area contributed by atoms with E-state index in [4.69, 9.17) is 0 Å². The molecule has 1 heteroatoms. The maximum atomic E-state index is 4.02. The summed E-state index contributed by atoms with van der Waals surface area (Å²) in [6.07, 6.45) is 5.79. The maximum Gasteiger partial charge on any atom is 0.0270 e. The molecule has 0 saturated carbocycles. The summed E-state index contributed by atoms with van der Waals surface area (Å²) < 4.78 is 0. The Morgan fingerprint density at radius 2 is 1.47 bits per heavy atom. The number of nitrogens with zero attached hydrogens (tertiary/aromatic N) is 1. The van der Waals surface area contributed by atoms with Gasteiger partial charge in [-0.15, -0.1) is 0 Å². The van der Waals surface area contributed by atoms with E-state index in [2.05, 4.69) is 53.9 Å².